The van der Waals surface area contributed by atoms with Crippen LogP contribution in [-0.4, -0.2) is 15.7 Å². The molecule has 0 aliphatic rings. The topological polar surface area (TPSA) is 106 Å². The summed E-state index contributed by atoms with van der Waals surface area (Å²) in [7, 11) is 0. The average molecular weight is 284 g/mol. The average Bonchev–Trinajstić information content (AvgIpc) is 2.85. The van der Waals surface area contributed by atoms with Gasteiger partial charge in [0.25, 0.3) is 5.69 Å². The van der Waals surface area contributed by atoms with Crippen LogP contribution in [0.4, 0.5) is 5.69 Å². The minimum Gasteiger partial charge on any atom is -0.408 e. The summed E-state index contributed by atoms with van der Waals surface area (Å²) in [4.78, 5) is 35.9. The summed E-state index contributed by atoms with van der Waals surface area (Å²) in [5, 5.41) is 10.6. The molecule has 2 aromatic carbocycles. The number of aromatic amines is 1. The highest BCUT2D eigenvalue weighted by Gasteiger charge is 2.13. The fourth-order valence-corrected chi connectivity index (χ4v) is 1.99. The number of rotatable bonds is 3. The van der Waals surface area contributed by atoms with E-state index in [0.29, 0.717) is 16.6 Å². The van der Waals surface area contributed by atoms with Gasteiger partial charge in [-0.3, -0.25) is 19.9 Å². The van der Waals surface area contributed by atoms with E-state index in [9.17, 15) is 19.7 Å². The van der Waals surface area contributed by atoms with E-state index in [1.54, 1.807) is 12.1 Å². The molecular weight excluding hydrogens is 276 g/mol. The number of fused-ring (bicyclic) bond motifs is 1. The van der Waals surface area contributed by atoms with Gasteiger partial charge in [-0.25, -0.2) is 4.79 Å². The Morgan fingerprint density at radius 3 is 2.43 bits per heavy atom. The van der Waals surface area contributed by atoms with E-state index in [0.717, 1.165) is 0 Å². The number of nitrogens with zero attached hydrogens (tertiary/aromatic N) is 1. The molecule has 1 N–H and O–H groups in total. The maximum absolute atomic E-state index is 12.3. The molecule has 0 saturated heterocycles. The van der Waals surface area contributed by atoms with Crippen molar-refractivity contribution in [3.63, 3.8) is 0 Å². The van der Waals surface area contributed by atoms with Gasteiger partial charge in [0.05, 0.1) is 10.4 Å². The van der Waals surface area contributed by atoms with Crippen LogP contribution in [0, 0.1) is 10.1 Å². The molecule has 0 fully saturated rings. The SMILES string of the molecule is O=C(c1ccc([N+](=O)[O-])cc1)c1ccc2[nH]c(=O)oc2c1. The van der Waals surface area contributed by atoms with Crippen molar-refractivity contribution in [3.8, 4) is 0 Å². The van der Waals surface area contributed by atoms with Gasteiger partial charge in [-0.05, 0) is 30.3 Å². The molecule has 0 saturated carbocycles. The van der Waals surface area contributed by atoms with Crippen molar-refractivity contribution in [2.75, 3.05) is 0 Å². The summed E-state index contributed by atoms with van der Waals surface area (Å²) in [5.41, 5.74) is 1.35. The number of ketones is 1. The predicted molar refractivity (Wildman–Crippen MR) is 73.4 cm³/mol. The number of aromatic nitrogens is 1. The van der Waals surface area contributed by atoms with E-state index in [4.69, 9.17) is 4.42 Å². The number of nitro benzene ring substituents is 1. The number of hydrogen-bond acceptors (Lipinski definition) is 5. The third kappa shape index (κ3) is 2.32. The highest BCUT2D eigenvalue weighted by molar-refractivity contribution is 6.10. The molecule has 0 unspecified atom stereocenters. The van der Waals surface area contributed by atoms with Crippen LogP contribution in [0.25, 0.3) is 11.1 Å². The lowest BCUT2D eigenvalue weighted by atomic mass is 10.0. The van der Waals surface area contributed by atoms with Crippen molar-refractivity contribution in [1.29, 1.82) is 0 Å². The zero-order valence-corrected chi connectivity index (χ0v) is 10.5. The second-order valence-electron chi connectivity index (χ2n) is 4.36. The highest BCUT2D eigenvalue weighted by Crippen LogP contribution is 2.18. The molecule has 104 valence electrons. The lowest BCUT2D eigenvalue weighted by Gasteiger charge is -2.01. The molecule has 0 bridgehead atoms. The minimum absolute atomic E-state index is 0.0846. The monoisotopic (exact) mass is 284 g/mol. The van der Waals surface area contributed by atoms with Crippen molar-refractivity contribution in [1.82, 2.24) is 4.98 Å². The molecule has 0 aliphatic heterocycles. The van der Waals surface area contributed by atoms with E-state index >= 15 is 0 Å². The molecule has 3 aromatic rings. The first-order valence-corrected chi connectivity index (χ1v) is 5.96. The Labute approximate surface area is 117 Å². The van der Waals surface area contributed by atoms with Gasteiger partial charge in [0, 0.05) is 23.3 Å². The number of non-ortho nitro benzene ring substituents is 1. The zero-order valence-electron chi connectivity index (χ0n) is 10.5. The largest absolute Gasteiger partial charge is 0.417 e. The van der Waals surface area contributed by atoms with Crippen LogP contribution < -0.4 is 5.76 Å². The Kier molecular flexibility index (Phi) is 2.87. The number of carbonyl (C=O) groups is 1. The number of H-pyrrole nitrogens is 1. The number of nitrogens with one attached hydrogen (secondary N) is 1. The van der Waals surface area contributed by atoms with Crippen LogP contribution in [0.2, 0.25) is 0 Å². The number of hydrogen-bond donors (Lipinski definition) is 1. The summed E-state index contributed by atoms with van der Waals surface area (Å²) < 4.78 is 4.89. The number of nitro groups is 1. The second-order valence-corrected chi connectivity index (χ2v) is 4.36. The van der Waals surface area contributed by atoms with Crippen molar-refractivity contribution in [3.05, 3.63) is 74.3 Å². The van der Waals surface area contributed by atoms with Crippen molar-refractivity contribution in [2.24, 2.45) is 0 Å². The molecular formula is C14H8N2O5. The maximum Gasteiger partial charge on any atom is 0.417 e. The van der Waals surface area contributed by atoms with Gasteiger partial charge in [-0.15, -0.1) is 0 Å². The number of benzene rings is 2. The van der Waals surface area contributed by atoms with Gasteiger partial charge in [-0.2, -0.15) is 0 Å². The van der Waals surface area contributed by atoms with Crippen molar-refractivity contribution < 1.29 is 14.1 Å². The molecule has 21 heavy (non-hydrogen) atoms. The van der Waals surface area contributed by atoms with E-state index in [1.807, 2.05) is 0 Å². The molecule has 1 aromatic heterocycles. The van der Waals surface area contributed by atoms with Gasteiger partial charge < -0.3 is 4.42 Å². The van der Waals surface area contributed by atoms with Gasteiger partial charge in [0.15, 0.2) is 11.4 Å². The normalized spacial score (nSPS) is 10.7. The van der Waals surface area contributed by atoms with Crippen LogP contribution in [0.15, 0.2) is 51.7 Å². The van der Waals surface area contributed by atoms with Crippen LogP contribution >= 0.6 is 0 Å². The summed E-state index contributed by atoms with van der Waals surface area (Å²) in [6.07, 6.45) is 0. The Morgan fingerprint density at radius 1 is 1.10 bits per heavy atom. The summed E-state index contributed by atoms with van der Waals surface area (Å²) in [6.45, 7) is 0. The lowest BCUT2D eigenvalue weighted by molar-refractivity contribution is -0.384. The van der Waals surface area contributed by atoms with E-state index in [1.165, 1.54) is 30.3 Å². The molecule has 0 atom stereocenters. The van der Waals surface area contributed by atoms with Gasteiger partial charge in [-0.1, -0.05) is 0 Å². The molecule has 0 spiro atoms. The quantitative estimate of drug-likeness (QED) is 0.451. The first-order chi connectivity index (χ1) is 10.0. The Hall–Kier alpha value is -3.22. The van der Waals surface area contributed by atoms with Gasteiger partial charge >= 0.3 is 5.76 Å². The molecule has 7 heteroatoms. The molecule has 0 amide bonds. The van der Waals surface area contributed by atoms with Crippen LogP contribution in [0.3, 0.4) is 0 Å². The maximum atomic E-state index is 12.3. The van der Waals surface area contributed by atoms with Gasteiger partial charge in [0.2, 0.25) is 0 Å². The summed E-state index contributed by atoms with van der Waals surface area (Å²) in [5.74, 6) is -0.902. The lowest BCUT2D eigenvalue weighted by Crippen LogP contribution is -2.01. The molecule has 7 nitrogen and oxygen atoms in total. The Bertz CT molecular complexity index is 905. The van der Waals surface area contributed by atoms with E-state index in [-0.39, 0.29) is 17.1 Å². The zero-order chi connectivity index (χ0) is 15.0. The fourth-order valence-electron chi connectivity index (χ4n) is 1.99. The minimum atomic E-state index is -0.593. The van der Waals surface area contributed by atoms with Crippen LogP contribution in [0.5, 0.6) is 0 Å². The second kappa shape index (κ2) is 4.71. The fraction of sp³-hybridized carbons (Fsp3) is 0. The molecule has 0 radical (unpaired) electrons. The van der Waals surface area contributed by atoms with E-state index < -0.39 is 10.7 Å². The third-order valence-electron chi connectivity index (χ3n) is 3.02. The first-order valence-electron chi connectivity index (χ1n) is 5.96. The third-order valence-corrected chi connectivity index (χ3v) is 3.02. The van der Waals surface area contributed by atoms with E-state index in [2.05, 4.69) is 4.98 Å². The summed E-state index contributed by atoms with van der Waals surface area (Å²) >= 11 is 0. The Morgan fingerprint density at radius 2 is 1.76 bits per heavy atom. The Balaban J connectivity index is 1.99. The molecule has 1 heterocycles. The standard InChI is InChI=1S/C14H8N2O5/c17-13(8-1-4-10(5-2-8)16(19)20)9-3-6-11-12(7-9)21-14(18)15-11/h1-7H,(H,15,18). The van der Waals surface area contributed by atoms with Crippen molar-refractivity contribution in [2.45, 2.75) is 0 Å². The number of oxazole rings is 1. The smallest absolute Gasteiger partial charge is 0.408 e. The van der Waals surface area contributed by atoms with Gasteiger partial charge in [0.1, 0.15) is 0 Å². The summed E-state index contributed by atoms with van der Waals surface area (Å²) in [6, 6.07) is 9.88. The van der Waals surface area contributed by atoms with Crippen LogP contribution in [-0.2, 0) is 0 Å². The molecule has 3 rings (SSSR count). The number of carbonyl (C=O) groups excluding carboxylic acids is 1. The highest BCUT2D eigenvalue weighted by atomic mass is 16.6. The first kappa shape index (κ1) is 12.8. The van der Waals surface area contributed by atoms with Crippen molar-refractivity contribution >= 4 is 22.6 Å². The predicted octanol–water partition coefficient (Wildman–Crippen LogP) is 2.26. The van der Waals surface area contributed by atoms with Crippen LogP contribution in [0.1, 0.15) is 15.9 Å². The molecule has 0 aliphatic carbocycles.